The molecule has 2 rings (SSSR count). The van der Waals surface area contributed by atoms with Crippen molar-refractivity contribution < 1.29 is 9.53 Å². The van der Waals surface area contributed by atoms with E-state index in [9.17, 15) is 4.79 Å². The highest BCUT2D eigenvalue weighted by molar-refractivity contribution is 6.02. The molecule has 0 N–H and O–H groups in total. The zero-order valence-corrected chi connectivity index (χ0v) is 8.54. The second-order valence-corrected chi connectivity index (χ2v) is 3.72. The molecular weight excluding hydrogens is 176 g/mol. The minimum atomic E-state index is 0.141. The fraction of sp³-hybridized carbons (Fsp3) is 0.417. The Hall–Kier alpha value is -1.31. The van der Waals surface area contributed by atoms with Crippen LogP contribution in [-0.2, 0) is 6.42 Å². The van der Waals surface area contributed by atoms with E-state index in [-0.39, 0.29) is 11.7 Å². The standard InChI is InChI=1S/C12H14O2/c1-3-14-10-5-4-9-6-8(2)12(13)11(9)7-10/h4-5,7-8H,3,6H2,1-2H3. The van der Waals surface area contributed by atoms with Crippen molar-refractivity contribution in [3.8, 4) is 5.75 Å². The molecule has 2 heteroatoms. The Kier molecular flexibility index (Phi) is 2.28. The molecule has 0 radical (unpaired) electrons. The molecule has 0 amide bonds. The van der Waals surface area contributed by atoms with E-state index in [4.69, 9.17) is 4.74 Å². The molecule has 0 saturated carbocycles. The quantitative estimate of drug-likeness (QED) is 0.716. The van der Waals surface area contributed by atoms with Gasteiger partial charge in [0.25, 0.3) is 0 Å². The van der Waals surface area contributed by atoms with Crippen LogP contribution in [0.5, 0.6) is 5.75 Å². The molecule has 0 aliphatic heterocycles. The molecule has 1 atom stereocenters. The predicted octanol–water partition coefficient (Wildman–Crippen LogP) is 2.46. The summed E-state index contributed by atoms with van der Waals surface area (Å²) < 4.78 is 5.36. The summed E-state index contributed by atoms with van der Waals surface area (Å²) in [6.07, 6.45) is 0.876. The molecule has 1 aromatic carbocycles. The van der Waals surface area contributed by atoms with E-state index in [1.165, 1.54) is 0 Å². The Morgan fingerprint density at radius 2 is 2.29 bits per heavy atom. The topological polar surface area (TPSA) is 26.3 Å². The molecule has 0 heterocycles. The normalized spacial score (nSPS) is 19.6. The number of ether oxygens (including phenoxy) is 1. The number of hydrogen-bond acceptors (Lipinski definition) is 2. The number of rotatable bonds is 2. The van der Waals surface area contributed by atoms with E-state index in [0.717, 1.165) is 23.3 Å². The average molecular weight is 190 g/mol. The van der Waals surface area contributed by atoms with E-state index in [1.54, 1.807) is 0 Å². The molecule has 0 bridgehead atoms. The average Bonchev–Trinajstić information content (AvgIpc) is 2.45. The largest absolute Gasteiger partial charge is 0.494 e. The number of ketones is 1. The predicted molar refractivity (Wildman–Crippen MR) is 54.8 cm³/mol. The molecule has 0 saturated heterocycles. The van der Waals surface area contributed by atoms with Crippen molar-refractivity contribution >= 4 is 5.78 Å². The van der Waals surface area contributed by atoms with Gasteiger partial charge in [0.05, 0.1) is 6.61 Å². The Labute approximate surface area is 83.9 Å². The third-order valence-corrected chi connectivity index (χ3v) is 2.63. The molecule has 2 nitrogen and oxygen atoms in total. The van der Waals surface area contributed by atoms with Crippen molar-refractivity contribution in [1.29, 1.82) is 0 Å². The van der Waals surface area contributed by atoms with E-state index in [2.05, 4.69) is 0 Å². The number of Topliss-reactive ketones (excluding diaryl/α,β-unsaturated/α-hetero) is 1. The molecule has 0 spiro atoms. The number of fused-ring (bicyclic) bond motifs is 1. The highest BCUT2D eigenvalue weighted by atomic mass is 16.5. The lowest BCUT2D eigenvalue weighted by atomic mass is 10.1. The number of carbonyl (C=O) groups excluding carboxylic acids is 1. The fourth-order valence-electron chi connectivity index (χ4n) is 1.91. The first-order chi connectivity index (χ1) is 6.72. The summed E-state index contributed by atoms with van der Waals surface area (Å²) in [6.45, 7) is 4.56. The second kappa shape index (κ2) is 3.45. The van der Waals surface area contributed by atoms with Crippen molar-refractivity contribution in [2.24, 2.45) is 5.92 Å². The summed E-state index contributed by atoms with van der Waals surface area (Å²) in [7, 11) is 0. The van der Waals surface area contributed by atoms with Crippen molar-refractivity contribution in [2.45, 2.75) is 20.3 Å². The molecule has 0 fully saturated rings. The summed E-state index contributed by atoms with van der Waals surface area (Å²) in [5, 5.41) is 0. The van der Waals surface area contributed by atoms with Gasteiger partial charge < -0.3 is 4.74 Å². The van der Waals surface area contributed by atoms with Gasteiger partial charge in [0.15, 0.2) is 5.78 Å². The van der Waals surface area contributed by atoms with Gasteiger partial charge in [-0.3, -0.25) is 4.79 Å². The highest BCUT2D eigenvalue weighted by Gasteiger charge is 2.26. The van der Waals surface area contributed by atoms with E-state index < -0.39 is 0 Å². The van der Waals surface area contributed by atoms with Gasteiger partial charge in [-0.15, -0.1) is 0 Å². The van der Waals surface area contributed by atoms with Crippen LogP contribution >= 0.6 is 0 Å². The number of carbonyl (C=O) groups is 1. The van der Waals surface area contributed by atoms with Gasteiger partial charge in [-0.2, -0.15) is 0 Å². The van der Waals surface area contributed by atoms with Gasteiger partial charge in [-0.1, -0.05) is 13.0 Å². The zero-order chi connectivity index (χ0) is 10.1. The molecule has 1 aliphatic carbocycles. The Bertz CT molecular complexity index is 369. The van der Waals surface area contributed by atoms with Crippen molar-refractivity contribution in [2.75, 3.05) is 6.61 Å². The summed E-state index contributed by atoms with van der Waals surface area (Å²) in [5.41, 5.74) is 2.01. The van der Waals surface area contributed by atoms with Crippen LogP contribution < -0.4 is 4.74 Å². The van der Waals surface area contributed by atoms with E-state index in [1.807, 2.05) is 32.0 Å². The lowest BCUT2D eigenvalue weighted by Crippen LogP contribution is -2.03. The van der Waals surface area contributed by atoms with Gasteiger partial charge in [0, 0.05) is 11.5 Å². The lowest BCUT2D eigenvalue weighted by molar-refractivity contribution is 0.0946. The maximum absolute atomic E-state index is 11.7. The summed E-state index contributed by atoms with van der Waals surface area (Å²) in [5.74, 6) is 1.19. The van der Waals surface area contributed by atoms with Gasteiger partial charge in [0.1, 0.15) is 5.75 Å². The maximum atomic E-state index is 11.7. The smallest absolute Gasteiger partial charge is 0.166 e. The highest BCUT2D eigenvalue weighted by Crippen LogP contribution is 2.29. The molecule has 14 heavy (non-hydrogen) atoms. The molecule has 74 valence electrons. The first-order valence-corrected chi connectivity index (χ1v) is 5.02. The SMILES string of the molecule is CCOc1ccc2c(c1)C(=O)C(C)C2. The van der Waals surface area contributed by atoms with Gasteiger partial charge in [0.2, 0.25) is 0 Å². The van der Waals surface area contributed by atoms with Crippen LogP contribution in [0, 0.1) is 5.92 Å². The van der Waals surface area contributed by atoms with Crippen LogP contribution in [0.4, 0.5) is 0 Å². The van der Waals surface area contributed by atoms with E-state index >= 15 is 0 Å². The molecule has 0 aromatic heterocycles. The third-order valence-electron chi connectivity index (χ3n) is 2.63. The van der Waals surface area contributed by atoms with Crippen LogP contribution in [0.1, 0.15) is 29.8 Å². The van der Waals surface area contributed by atoms with Crippen molar-refractivity contribution in [1.82, 2.24) is 0 Å². The molecular formula is C12H14O2. The monoisotopic (exact) mass is 190 g/mol. The fourth-order valence-corrected chi connectivity index (χ4v) is 1.91. The number of hydrogen-bond donors (Lipinski definition) is 0. The first kappa shape index (κ1) is 9.25. The second-order valence-electron chi connectivity index (χ2n) is 3.72. The molecule has 1 aromatic rings. The van der Waals surface area contributed by atoms with Gasteiger partial charge in [-0.05, 0) is 31.0 Å². The minimum absolute atomic E-state index is 0.141. The van der Waals surface area contributed by atoms with Gasteiger partial charge in [-0.25, -0.2) is 0 Å². The van der Waals surface area contributed by atoms with Crippen LogP contribution in [-0.4, -0.2) is 12.4 Å². The molecule has 1 unspecified atom stereocenters. The van der Waals surface area contributed by atoms with Crippen LogP contribution in [0.3, 0.4) is 0 Å². The third kappa shape index (κ3) is 1.41. The van der Waals surface area contributed by atoms with E-state index in [0.29, 0.717) is 6.61 Å². The Morgan fingerprint density at radius 3 is 3.00 bits per heavy atom. The zero-order valence-electron chi connectivity index (χ0n) is 8.54. The van der Waals surface area contributed by atoms with Crippen LogP contribution in [0.2, 0.25) is 0 Å². The summed E-state index contributed by atoms with van der Waals surface area (Å²) in [6, 6.07) is 5.81. The summed E-state index contributed by atoms with van der Waals surface area (Å²) in [4.78, 5) is 11.7. The minimum Gasteiger partial charge on any atom is -0.494 e. The summed E-state index contributed by atoms with van der Waals surface area (Å²) >= 11 is 0. The van der Waals surface area contributed by atoms with Gasteiger partial charge >= 0.3 is 0 Å². The van der Waals surface area contributed by atoms with Crippen LogP contribution in [0.15, 0.2) is 18.2 Å². The molecule has 1 aliphatic rings. The number of benzene rings is 1. The Balaban J connectivity index is 2.36. The first-order valence-electron chi connectivity index (χ1n) is 5.02. The van der Waals surface area contributed by atoms with Crippen LogP contribution in [0.25, 0.3) is 0 Å². The Morgan fingerprint density at radius 1 is 1.50 bits per heavy atom. The van der Waals surface area contributed by atoms with Crippen molar-refractivity contribution in [3.63, 3.8) is 0 Å². The lowest BCUT2D eigenvalue weighted by Gasteiger charge is -2.04. The maximum Gasteiger partial charge on any atom is 0.166 e. The van der Waals surface area contributed by atoms with Crippen molar-refractivity contribution in [3.05, 3.63) is 29.3 Å².